The highest BCUT2D eigenvalue weighted by Gasteiger charge is 2.17. The summed E-state index contributed by atoms with van der Waals surface area (Å²) in [6, 6.07) is 1.47. The van der Waals surface area contributed by atoms with Gasteiger partial charge in [-0.3, -0.25) is 4.79 Å². The SMILES string of the molecule is CCOC(=O)c1c(C)cc(=O)n(CCOCC(C)C)c1C. The van der Waals surface area contributed by atoms with E-state index in [1.165, 1.54) is 6.07 Å². The van der Waals surface area contributed by atoms with E-state index < -0.39 is 0 Å². The molecule has 0 amide bonds. The zero-order valence-corrected chi connectivity index (χ0v) is 13.6. The molecule has 0 atom stereocenters. The van der Waals surface area contributed by atoms with Crippen LogP contribution in [0.2, 0.25) is 0 Å². The zero-order chi connectivity index (χ0) is 16.0. The van der Waals surface area contributed by atoms with Gasteiger partial charge in [-0.2, -0.15) is 0 Å². The maximum Gasteiger partial charge on any atom is 0.340 e. The molecule has 5 heteroatoms. The first-order chi connectivity index (χ1) is 9.88. The summed E-state index contributed by atoms with van der Waals surface area (Å²) in [5, 5.41) is 0. The molecule has 0 unspecified atom stereocenters. The summed E-state index contributed by atoms with van der Waals surface area (Å²) in [6.07, 6.45) is 0. The van der Waals surface area contributed by atoms with Gasteiger partial charge in [0.1, 0.15) is 0 Å². The normalized spacial score (nSPS) is 11.0. The van der Waals surface area contributed by atoms with E-state index in [0.29, 0.717) is 49.1 Å². The lowest BCUT2D eigenvalue weighted by Gasteiger charge is -2.16. The minimum Gasteiger partial charge on any atom is -0.462 e. The minimum absolute atomic E-state index is 0.119. The molecular formula is C16H25NO4. The van der Waals surface area contributed by atoms with Gasteiger partial charge < -0.3 is 14.0 Å². The molecule has 0 N–H and O–H groups in total. The molecule has 1 heterocycles. The van der Waals surface area contributed by atoms with Gasteiger partial charge in [0.15, 0.2) is 0 Å². The Morgan fingerprint density at radius 1 is 1.33 bits per heavy atom. The lowest BCUT2D eigenvalue weighted by molar-refractivity contribution is 0.0522. The lowest BCUT2D eigenvalue weighted by atomic mass is 10.1. The monoisotopic (exact) mass is 295 g/mol. The molecule has 21 heavy (non-hydrogen) atoms. The predicted octanol–water partition coefficient (Wildman–Crippen LogP) is 2.31. The Morgan fingerprint density at radius 2 is 2.00 bits per heavy atom. The second kappa shape index (κ2) is 7.98. The molecule has 5 nitrogen and oxygen atoms in total. The van der Waals surface area contributed by atoms with Gasteiger partial charge in [-0.15, -0.1) is 0 Å². The fourth-order valence-corrected chi connectivity index (χ4v) is 2.19. The zero-order valence-electron chi connectivity index (χ0n) is 13.6. The van der Waals surface area contributed by atoms with Crippen LogP contribution in [-0.4, -0.2) is 30.4 Å². The fraction of sp³-hybridized carbons (Fsp3) is 0.625. The largest absolute Gasteiger partial charge is 0.462 e. The van der Waals surface area contributed by atoms with Gasteiger partial charge >= 0.3 is 5.97 Å². The highest BCUT2D eigenvalue weighted by molar-refractivity contribution is 5.92. The van der Waals surface area contributed by atoms with Gasteiger partial charge in [0.2, 0.25) is 0 Å². The molecule has 0 radical (unpaired) electrons. The number of carbonyl (C=O) groups excluding carboxylic acids is 1. The highest BCUT2D eigenvalue weighted by atomic mass is 16.5. The fourth-order valence-electron chi connectivity index (χ4n) is 2.19. The van der Waals surface area contributed by atoms with Crippen molar-refractivity contribution in [2.75, 3.05) is 19.8 Å². The number of nitrogens with zero attached hydrogens (tertiary/aromatic N) is 1. The third kappa shape index (κ3) is 4.70. The third-order valence-corrected chi connectivity index (χ3v) is 3.16. The van der Waals surface area contributed by atoms with Gasteiger partial charge in [0, 0.05) is 24.9 Å². The summed E-state index contributed by atoms with van der Waals surface area (Å²) >= 11 is 0. The maximum atomic E-state index is 12.1. The van der Waals surface area contributed by atoms with Crippen molar-refractivity contribution in [2.24, 2.45) is 5.92 Å². The number of hydrogen-bond donors (Lipinski definition) is 0. The summed E-state index contributed by atoms with van der Waals surface area (Å²) < 4.78 is 12.1. The molecule has 118 valence electrons. The first-order valence-electron chi connectivity index (χ1n) is 7.34. The van der Waals surface area contributed by atoms with Gasteiger partial charge in [-0.1, -0.05) is 13.8 Å². The van der Waals surface area contributed by atoms with Crippen molar-refractivity contribution in [3.05, 3.63) is 33.2 Å². The Morgan fingerprint density at radius 3 is 2.57 bits per heavy atom. The van der Waals surface area contributed by atoms with Crippen LogP contribution in [0.5, 0.6) is 0 Å². The van der Waals surface area contributed by atoms with Crippen LogP contribution >= 0.6 is 0 Å². The van der Waals surface area contributed by atoms with Crippen molar-refractivity contribution in [1.82, 2.24) is 4.57 Å². The van der Waals surface area contributed by atoms with E-state index in [2.05, 4.69) is 13.8 Å². The van der Waals surface area contributed by atoms with Crippen LogP contribution in [-0.2, 0) is 16.0 Å². The molecule has 0 bridgehead atoms. The third-order valence-electron chi connectivity index (χ3n) is 3.16. The Hall–Kier alpha value is -1.62. The lowest BCUT2D eigenvalue weighted by Crippen LogP contribution is -2.28. The standard InChI is InChI=1S/C16H25NO4/c1-6-21-16(19)15-12(4)9-14(18)17(13(15)5)7-8-20-10-11(2)3/h9,11H,6-8,10H2,1-5H3. The number of aryl methyl sites for hydroxylation is 1. The first-order valence-corrected chi connectivity index (χ1v) is 7.34. The molecule has 1 aromatic rings. The highest BCUT2D eigenvalue weighted by Crippen LogP contribution is 2.13. The van der Waals surface area contributed by atoms with Crippen molar-refractivity contribution >= 4 is 5.97 Å². The van der Waals surface area contributed by atoms with Crippen LogP contribution in [0.3, 0.4) is 0 Å². The van der Waals surface area contributed by atoms with Gasteiger partial charge in [0.05, 0.1) is 18.8 Å². The summed E-state index contributed by atoms with van der Waals surface area (Å²) in [4.78, 5) is 24.1. The van der Waals surface area contributed by atoms with Crippen LogP contribution in [0, 0.1) is 19.8 Å². The second-order valence-corrected chi connectivity index (χ2v) is 5.47. The van der Waals surface area contributed by atoms with E-state index >= 15 is 0 Å². The Balaban J connectivity index is 2.96. The van der Waals surface area contributed by atoms with E-state index in [1.807, 2.05) is 0 Å². The molecular weight excluding hydrogens is 270 g/mol. The Labute approximate surface area is 125 Å². The molecule has 0 fully saturated rings. The van der Waals surface area contributed by atoms with E-state index in [0.717, 1.165) is 0 Å². The van der Waals surface area contributed by atoms with Crippen LogP contribution in [0.25, 0.3) is 0 Å². The van der Waals surface area contributed by atoms with Crippen LogP contribution in [0.1, 0.15) is 42.4 Å². The number of carbonyl (C=O) groups is 1. The minimum atomic E-state index is -0.385. The maximum absolute atomic E-state index is 12.1. The smallest absolute Gasteiger partial charge is 0.340 e. The summed E-state index contributed by atoms with van der Waals surface area (Å²) in [6.45, 7) is 11.3. The van der Waals surface area contributed by atoms with E-state index in [-0.39, 0.29) is 11.5 Å². The predicted molar refractivity (Wildman–Crippen MR) is 81.8 cm³/mol. The van der Waals surface area contributed by atoms with Crippen molar-refractivity contribution in [2.45, 2.75) is 41.2 Å². The number of aromatic nitrogens is 1. The summed E-state index contributed by atoms with van der Waals surface area (Å²) in [5.41, 5.74) is 1.63. The van der Waals surface area contributed by atoms with Crippen LogP contribution < -0.4 is 5.56 Å². The van der Waals surface area contributed by atoms with E-state index in [1.54, 1.807) is 25.3 Å². The number of rotatable bonds is 7. The van der Waals surface area contributed by atoms with Crippen molar-refractivity contribution in [3.8, 4) is 0 Å². The molecule has 0 spiro atoms. The average molecular weight is 295 g/mol. The van der Waals surface area contributed by atoms with Crippen molar-refractivity contribution < 1.29 is 14.3 Å². The number of ether oxygens (including phenoxy) is 2. The van der Waals surface area contributed by atoms with Gasteiger partial charge in [-0.05, 0) is 32.3 Å². The Bertz CT molecular complexity index is 546. The van der Waals surface area contributed by atoms with Crippen LogP contribution in [0.15, 0.2) is 10.9 Å². The molecule has 0 aliphatic carbocycles. The molecule has 0 aromatic carbocycles. The molecule has 1 aromatic heterocycles. The average Bonchev–Trinajstić information content (AvgIpc) is 2.37. The molecule has 0 saturated carbocycles. The van der Waals surface area contributed by atoms with Crippen LogP contribution in [0.4, 0.5) is 0 Å². The molecule has 0 saturated heterocycles. The van der Waals surface area contributed by atoms with Crippen molar-refractivity contribution in [1.29, 1.82) is 0 Å². The van der Waals surface area contributed by atoms with Gasteiger partial charge in [0.25, 0.3) is 5.56 Å². The van der Waals surface area contributed by atoms with Gasteiger partial charge in [-0.25, -0.2) is 4.79 Å². The Kier molecular flexibility index (Phi) is 6.62. The molecule has 1 rings (SSSR count). The number of esters is 1. The second-order valence-electron chi connectivity index (χ2n) is 5.47. The molecule has 0 aliphatic rings. The molecule has 0 aliphatic heterocycles. The summed E-state index contributed by atoms with van der Waals surface area (Å²) in [5.74, 6) is 0.0697. The van der Waals surface area contributed by atoms with E-state index in [9.17, 15) is 9.59 Å². The van der Waals surface area contributed by atoms with Crippen molar-refractivity contribution in [3.63, 3.8) is 0 Å². The first kappa shape index (κ1) is 17.4. The quantitative estimate of drug-likeness (QED) is 0.572. The summed E-state index contributed by atoms with van der Waals surface area (Å²) in [7, 11) is 0. The van der Waals surface area contributed by atoms with E-state index in [4.69, 9.17) is 9.47 Å². The number of pyridine rings is 1. The topological polar surface area (TPSA) is 57.5 Å². The number of hydrogen-bond acceptors (Lipinski definition) is 4.